The van der Waals surface area contributed by atoms with Crippen LogP contribution in [0.1, 0.15) is 86.0 Å². The van der Waals surface area contributed by atoms with Crippen LogP contribution in [0.4, 0.5) is 0 Å². The van der Waals surface area contributed by atoms with Crippen LogP contribution >= 0.6 is 0 Å². The zero-order chi connectivity index (χ0) is 22.3. The van der Waals surface area contributed by atoms with E-state index in [1.807, 2.05) is 13.8 Å². The van der Waals surface area contributed by atoms with Gasteiger partial charge in [-0.15, -0.1) is 0 Å². The lowest BCUT2D eigenvalue weighted by molar-refractivity contribution is -0.194. The van der Waals surface area contributed by atoms with Crippen molar-refractivity contribution >= 4 is 11.8 Å². The summed E-state index contributed by atoms with van der Waals surface area (Å²) in [6.45, 7) is 12.0. The average molecular weight is 415 g/mol. The maximum Gasteiger partial charge on any atom is 0.267 e. The van der Waals surface area contributed by atoms with Gasteiger partial charge in [-0.05, 0) is 33.1 Å². The summed E-state index contributed by atoms with van der Waals surface area (Å²) in [7, 11) is 3.53. The molecule has 6 nitrogen and oxygen atoms in total. The van der Waals surface area contributed by atoms with E-state index in [9.17, 15) is 9.59 Å². The monoisotopic (exact) mass is 414 g/mol. The molecular formula is C23H46N2O4. The Morgan fingerprint density at radius 2 is 1.24 bits per heavy atom. The molecule has 172 valence electrons. The van der Waals surface area contributed by atoms with Crippen molar-refractivity contribution in [2.45, 2.75) is 97.7 Å². The van der Waals surface area contributed by atoms with Gasteiger partial charge in [0.2, 0.25) is 0 Å². The van der Waals surface area contributed by atoms with Gasteiger partial charge in [-0.3, -0.25) is 9.59 Å². The summed E-state index contributed by atoms with van der Waals surface area (Å²) in [5, 5.41) is 0. The SMILES string of the molecule is CCCCCC(OCC)C(OCC)(C(=O)N(C)CCCC)C(=O)N(C)CCCC. The molecule has 6 heteroatoms. The van der Waals surface area contributed by atoms with Crippen molar-refractivity contribution in [3.8, 4) is 0 Å². The second-order valence-electron chi connectivity index (χ2n) is 7.77. The fraction of sp³-hybridized carbons (Fsp3) is 0.913. The Labute approximate surface area is 179 Å². The van der Waals surface area contributed by atoms with Crippen molar-refractivity contribution < 1.29 is 19.1 Å². The second-order valence-corrected chi connectivity index (χ2v) is 7.77. The highest BCUT2D eigenvalue weighted by molar-refractivity contribution is 6.09. The van der Waals surface area contributed by atoms with E-state index in [1.165, 1.54) is 0 Å². The van der Waals surface area contributed by atoms with Crippen molar-refractivity contribution in [3.05, 3.63) is 0 Å². The topological polar surface area (TPSA) is 59.1 Å². The number of carbonyl (C=O) groups excluding carboxylic acids is 2. The summed E-state index contributed by atoms with van der Waals surface area (Å²) < 4.78 is 12.1. The Morgan fingerprint density at radius 1 is 0.759 bits per heavy atom. The van der Waals surface area contributed by atoms with Gasteiger partial charge in [0.1, 0.15) is 6.10 Å². The number of nitrogens with zero attached hydrogens (tertiary/aromatic N) is 2. The van der Waals surface area contributed by atoms with Gasteiger partial charge in [0.15, 0.2) is 0 Å². The molecule has 0 aliphatic rings. The van der Waals surface area contributed by atoms with Crippen LogP contribution in [-0.4, -0.2) is 73.7 Å². The Kier molecular flexibility index (Phi) is 15.1. The molecule has 0 aromatic carbocycles. The largest absolute Gasteiger partial charge is 0.374 e. The van der Waals surface area contributed by atoms with E-state index in [1.54, 1.807) is 23.9 Å². The second kappa shape index (κ2) is 15.7. The van der Waals surface area contributed by atoms with Gasteiger partial charge in [-0.1, -0.05) is 52.9 Å². The number of unbranched alkanes of at least 4 members (excludes halogenated alkanes) is 4. The minimum atomic E-state index is -1.62. The standard InChI is InChI=1S/C23H46N2O4/c1-8-13-16-17-20(28-11-4)23(29-12-5,21(26)24(6)18-14-9-2)22(27)25(7)19-15-10-3/h20H,8-19H2,1-7H3. The van der Waals surface area contributed by atoms with E-state index >= 15 is 0 Å². The Balaban J connectivity index is 6.12. The molecule has 0 N–H and O–H groups in total. The van der Waals surface area contributed by atoms with Gasteiger partial charge in [0.25, 0.3) is 17.4 Å². The van der Waals surface area contributed by atoms with Gasteiger partial charge >= 0.3 is 0 Å². The molecule has 0 radical (unpaired) electrons. The minimum Gasteiger partial charge on any atom is -0.374 e. The first-order valence-electron chi connectivity index (χ1n) is 11.6. The van der Waals surface area contributed by atoms with E-state index in [0.29, 0.717) is 26.1 Å². The molecule has 0 fully saturated rings. The van der Waals surface area contributed by atoms with Gasteiger partial charge in [-0.2, -0.15) is 0 Å². The van der Waals surface area contributed by atoms with E-state index in [0.717, 1.165) is 44.9 Å². The highest BCUT2D eigenvalue weighted by Crippen LogP contribution is 2.29. The van der Waals surface area contributed by atoms with Crippen LogP contribution in [0, 0.1) is 0 Å². The lowest BCUT2D eigenvalue weighted by Crippen LogP contribution is -2.66. The minimum absolute atomic E-state index is 0.276. The first-order valence-corrected chi connectivity index (χ1v) is 11.6. The molecule has 1 atom stereocenters. The molecule has 2 amide bonds. The zero-order valence-electron chi connectivity index (χ0n) is 20.1. The van der Waals surface area contributed by atoms with Gasteiger partial charge in [0.05, 0.1) is 0 Å². The number of ether oxygens (including phenoxy) is 2. The van der Waals surface area contributed by atoms with Crippen molar-refractivity contribution in [2.24, 2.45) is 0 Å². The van der Waals surface area contributed by atoms with Crippen LogP contribution in [0.2, 0.25) is 0 Å². The average Bonchev–Trinajstić information content (AvgIpc) is 2.72. The summed E-state index contributed by atoms with van der Waals surface area (Å²) in [6, 6.07) is 0. The van der Waals surface area contributed by atoms with Gasteiger partial charge in [-0.25, -0.2) is 0 Å². The lowest BCUT2D eigenvalue weighted by Gasteiger charge is -2.41. The normalized spacial score (nSPS) is 12.7. The molecular weight excluding hydrogens is 368 g/mol. The molecule has 0 aromatic rings. The van der Waals surface area contributed by atoms with Crippen LogP contribution in [0.25, 0.3) is 0 Å². The predicted octanol–water partition coefficient (Wildman–Crippen LogP) is 4.26. The molecule has 1 unspecified atom stereocenters. The maximum absolute atomic E-state index is 13.7. The lowest BCUT2D eigenvalue weighted by atomic mass is 9.88. The van der Waals surface area contributed by atoms with Crippen molar-refractivity contribution in [2.75, 3.05) is 40.4 Å². The van der Waals surface area contributed by atoms with Crippen LogP contribution in [0.3, 0.4) is 0 Å². The Morgan fingerprint density at radius 3 is 1.62 bits per heavy atom. The number of hydrogen-bond donors (Lipinski definition) is 0. The summed E-state index contributed by atoms with van der Waals surface area (Å²) in [5.41, 5.74) is -1.62. The molecule has 0 aliphatic carbocycles. The highest BCUT2D eigenvalue weighted by atomic mass is 16.6. The van der Waals surface area contributed by atoms with Crippen molar-refractivity contribution in [3.63, 3.8) is 0 Å². The molecule has 29 heavy (non-hydrogen) atoms. The van der Waals surface area contributed by atoms with E-state index in [4.69, 9.17) is 9.47 Å². The summed E-state index contributed by atoms with van der Waals surface area (Å²) >= 11 is 0. The number of likely N-dealkylation sites (N-methyl/N-ethyl adjacent to an activating group) is 2. The third-order valence-corrected chi connectivity index (χ3v) is 5.29. The highest BCUT2D eigenvalue weighted by Gasteiger charge is 2.56. The molecule has 0 heterocycles. The first-order chi connectivity index (χ1) is 13.9. The quantitative estimate of drug-likeness (QED) is 0.263. The Bertz CT molecular complexity index is 430. The van der Waals surface area contributed by atoms with E-state index < -0.39 is 11.7 Å². The molecule has 0 spiro atoms. The molecule has 0 bridgehead atoms. The molecule has 0 aromatic heterocycles. The third kappa shape index (κ3) is 8.25. The zero-order valence-corrected chi connectivity index (χ0v) is 20.1. The smallest absolute Gasteiger partial charge is 0.267 e. The van der Waals surface area contributed by atoms with Gasteiger partial charge < -0.3 is 19.3 Å². The maximum atomic E-state index is 13.7. The Hall–Kier alpha value is -1.14. The van der Waals surface area contributed by atoms with Gasteiger partial charge in [0, 0.05) is 40.4 Å². The van der Waals surface area contributed by atoms with Crippen LogP contribution in [0.15, 0.2) is 0 Å². The van der Waals surface area contributed by atoms with E-state index in [2.05, 4.69) is 20.8 Å². The fourth-order valence-corrected chi connectivity index (χ4v) is 3.56. The number of carbonyl (C=O) groups is 2. The molecule has 0 saturated heterocycles. The number of hydrogen-bond acceptors (Lipinski definition) is 4. The molecule has 0 saturated carbocycles. The van der Waals surface area contributed by atoms with Crippen molar-refractivity contribution in [1.82, 2.24) is 9.80 Å². The summed E-state index contributed by atoms with van der Waals surface area (Å²) in [6.07, 6.45) is 6.77. The molecule has 0 aliphatic heterocycles. The number of rotatable bonds is 17. The predicted molar refractivity (Wildman–Crippen MR) is 119 cm³/mol. The van der Waals surface area contributed by atoms with Crippen LogP contribution < -0.4 is 0 Å². The number of amides is 2. The summed E-state index contributed by atoms with van der Waals surface area (Å²) in [5.74, 6) is -0.563. The molecule has 0 rings (SSSR count). The third-order valence-electron chi connectivity index (χ3n) is 5.29. The van der Waals surface area contributed by atoms with Crippen molar-refractivity contribution in [1.29, 1.82) is 0 Å². The summed E-state index contributed by atoms with van der Waals surface area (Å²) in [4.78, 5) is 30.7. The van der Waals surface area contributed by atoms with Crippen LogP contribution in [0.5, 0.6) is 0 Å². The van der Waals surface area contributed by atoms with Crippen LogP contribution in [-0.2, 0) is 19.1 Å². The first kappa shape index (κ1) is 27.9. The van der Waals surface area contributed by atoms with E-state index in [-0.39, 0.29) is 18.4 Å². The fourth-order valence-electron chi connectivity index (χ4n) is 3.56.